The van der Waals surface area contributed by atoms with E-state index in [0.29, 0.717) is 25.0 Å². The zero-order chi connectivity index (χ0) is 38.7. The Morgan fingerprint density at radius 3 is 1.77 bits per heavy atom. The fourth-order valence-corrected chi connectivity index (χ4v) is 6.07. The third-order valence-corrected chi connectivity index (χ3v) is 8.94. The molecule has 10 heteroatoms. The summed E-state index contributed by atoms with van der Waals surface area (Å²) in [5, 5.41) is 12.1. The molecule has 5 atom stereocenters. The number of benzene rings is 3. The summed E-state index contributed by atoms with van der Waals surface area (Å²) >= 11 is 0. The van der Waals surface area contributed by atoms with Gasteiger partial charge in [0.2, 0.25) is 18.7 Å². The zero-order valence-electron chi connectivity index (χ0n) is 32.3. The molecule has 1 heterocycles. The molecule has 0 bridgehead atoms. The van der Waals surface area contributed by atoms with Crippen molar-refractivity contribution in [2.45, 2.75) is 90.0 Å². The Hall–Kier alpha value is -4.38. The third-order valence-electron chi connectivity index (χ3n) is 8.94. The second-order valence-electron chi connectivity index (χ2n) is 13.7. The molecular formula is C42H64N6O4. The maximum absolute atomic E-state index is 12.9. The fraction of sp³-hybridized carbons (Fsp3) is 0.476. The van der Waals surface area contributed by atoms with E-state index >= 15 is 0 Å². The van der Waals surface area contributed by atoms with Crippen LogP contribution in [-0.4, -0.2) is 81.8 Å². The maximum Gasteiger partial charge on any atom is 0.238 e. The Labute approximate surface area is 312 Å². The van der Waals surface area contributed by atoms with Gasteiger partial charge in [-0.15, -0.1) is 0 Å². The summed E-state index contributed by atoms with van der Waals surface area (Å²) in [7, 11) is 5.87. The molecule has 4 rings (SSSR count). The van der Waals surface area contributed by atoms with E-state index in [1.54, 1.807) is 7.05 Å². The number of nitrogens with one attached hydrogen (secondary N) is 4. The molecule has 0 spiro atoms. The first kappa shape index (κ1) is 45.6. The zero-order valence-corrected chi connectivity index (χ0v) is 32.3. The topological polar surface area (TPSA) is 146 Å². The number of aldehydes is 1. The quantitative estimate of drug-likeness (QED) is 0.133. The molecular weight excluding hydrogens is 652 g/mol. The van der Waals surface area contributed by atoms with E-state index in [0.717, 1.165) is 48.1 Å². The first-order valence-electron chi connectivity index (χ1n) is 18.3. The fourth-order valence-electron chi connectivity index (χ4n) is 6.07. The minimum absolute atomic E-state index is 0.0695. The Kier molecular flexibility index (Phi) is 24.0. The van der Waals surface area contributed by atoms with Crippen molar-refractivity contribution in [1.82, 2.24) is 26.2 Å². The summed E-state index contributed by atoms with van der Waals surface area (Å²) in [5.41, 5.74) is 7.43. The van der Waals surface area contributed by atoms with Gasteiger partial charge in [0.05, 0.1) is 18.1 Å². The number of nitrogens with two attached hydrogens (primary N) is 1. The Balaban J connectivity index is 0.000000489. The van der Waals surface area contributed by atoms with Crippen LogP contribution in [0, 0.1) is 11.8 Å². The third kappa shape index (κ3) is 17.7. The Morgan fingerprint density at radius 1 is 0.865 bits per heavy atom. The molecule has 0 aromatic heterocycles. The largest absolute Gasteiger partial charge is 0.372 e. The smallest absolute Gasteiger partial charge is 0.238 e. The number of carbonyl (C=O) groups is 4. The molecule has 3 aromatic rings. The van der Waals surface area contributed by atoms with Crippen LogP contribution < -0.4 is 27.0 Å². The summed E-state index contributed by atoms with van der Waals surface area (Å²) in [6.07, 6.45) is 6.88. The minimum atomic E-state index is -0.481. The molecule has 1 aliphatic rings. The lowest BCUT2D eigenvalue weighted by molar-refractivity contribution is -0.126. The highest BCUT2D eigenvalue weighted by atomic mass is 16.2. The van der Waals surface area contributed by atoms with Gasteiger partial charge in [-0.3, -0.25) is 14.4 Å². The molecule has 1 fully saturated rings. The van der Waals surface area contributed by atoms with Gasteiger partial charge in [0, 0.05) is 18.6 Å². The summed E-state index contributed by atoms with van der Waals surface area (Å²) in [6, 6.07) is 30.0. The normalized spacial score (nSPS) is 16.7. The van der Waals surface area contributed by atoms with Crippen molar-refractivity contribution in [3.05, 3.63) is 108 Å². The SMILES string of the molecule is CC(C)C.CNCC(CCC1CCC(C)N1C)C(C=O)NC(=O)C(Cc1ccccc1)NC.NC=O.O=CNC(c1ccccc1)c1ccccc1. The predicted molar refractivity (Wildman–Crippen MR) is 213 cm³/mol. The van der Waals surface area contributed by atoms with Gasteiger partial charge in [-0.25, -0.2) is 0 Å². The van der Waals surface area contributed by atoms with Crippen LogP contribution in [-0.2, 0) is 25.6 Å². The highest BCUT2D eigenvalue weighted by molar-refractivity contribution is 5.84. The average Bonchev–Trinajstić information content (AvgIpc) is 3.47. The molecule has 0 saturated carbocycles. The lowest BCUT2D eigenvalue weighted by atomic mass is 9.92. The van der Waals surface area contributed by atoms with Crippen molar-refractivity contribution < 1.29 is 19.2 Å². The summed E-state index contributed by atoms with van der Waals surface area (Å²) in [5.74, 6) is 0.793. The number of hydrogen-bond donors (Lipinski definition) is 5. The lowest BCUT2D eigenvalue weighted by Crippen LogP contribution is -2.52. The van der Waals surface area contributed by atoms with Crippen molar-refractivity contribution in [2.24, 2.45) is 17.6 Å². The van der Waals surface area contributed by atoms with E-state index in [-0.39, 0.29) is 30.3 Å². The van der Waals surface area contributed by atoms with Crippen LogP contribution in [0.3, 0.4) is 0 Å². The van der Waals surface area contributed by atoms with Gasteiger partial charge in [0.1, 0.15) is 6.29 Å². The predicted octanol–water partition coefficient (Wildman–Crippen LogP) is 4.89. The van der Waals surface area contributed by atoms with Crippen LogP contribution in [0.4, 0.5) is 0 Å². The van der Waals surface area contributed by atoms with Gasteiger partial charge in [-0.2, -0.15) is 0 Å². The van der Waals surface area contributed by atoms with Gasteiger partial charge < -0.3 is 36.7 Å². The summed E-state index contributed by atoms with van der Waals surface area (Å²) < 4.78 is 0. The lowest BCUT2D eigenvalue weighted by Gasteiger charge is -2.29. The molecule has 1 aliphatic heterocycles. The van der Waals surface area contributed by atoms with Crippen molar-refractivity contribution in [1.29, 1.82) is 0 Å². The first-order chi connectivity index (χ1) is 25.1. The maximum atomic E-state index is 12.9. The van der Waals surface area contributed by atoms with Crippen LogP contribution >= 0.6 is 0 Å². The van der Waals surface area contributed by atoms with Crippen LogP contribution in [0.5, 0.6) is 0 Å². The first-order valence-corrected chi connectivity index (χ1v) is 18.3. The van der Waals surface area contributed by atoms with Gasteiger partial charge in [-0.1, -0.05) is 112 Å². The Morgan fingerprint density at radius 2 is 1.37 bits per heavy atom. The molecule has 3 amide bonds. The van der Waals surface area contributed by atoms with E-state index in [2.05, 4.69) is 66.6 Å². The van der Waals surface area contributed by atoms with E-state index in [1.807, 2.05) is 98.0 Å². The number of likely N-dealkylation sites (tertiary alicyclic amines) is 1. The van der Waals surface area contributed by atoms with Gasteiger partial charge in [0.15, 0.2) is 0 Å². The average molecular weight is 717 g/mol. The van der Waals surface area contributed by atoms with Crippen molar-refractivity contribution in [3.8, 4) is 0 Å². The molecule has 3 aromatic carbocycles. The van der Waals surface area contributed by atoms with E-state index in [9.17, 15) is 14.4 Å². The van der Waals surface area contributed by atoms with Crippen molar-refractivity contribution in [2.75, 3.05) is 27.7 Å². The highest BCUT2D eigenvalue weighted by Gasteiger charge is 2.30. The molecule has 5 unspecified atom stereocenters. The van der Waals surface area contributed by atoms with Crippen molar-refractivity contribution >= 4 is 25.0 Å². The molecule has 286 valence electrons. The van der Waals surface area contributed by atoms with Crippen molar-refractivity contribution in [3.63, 3.8) is 0 Å². The van der Waals surface area contributed by atoms with Crippen LogP contribution in [0.25, 0.3) is 0 Å². The number of nitrogens with zero attached hydrogens (tertiary/aromatic N) is 1. The van der Waals surface area contributed by atoms with E-state index < -0.39 is 6.04 Å². The number of rotatable bonds is 16. The molecule has 0 aliphatic carbocycles. The number of hydrogen-bond acceptors (Lipinski definition) is 7. The van der Waals surface area contributed by atoms with Gasteiger partial charge in [0.25, 0.3) is 0 Å². The van der Waals surface area contributed by atoms with Gasteiger partial charge in [-0.05, 0) is 88.7 Å². The second kappa shape index (κ2) is 27.3. The molecule has 10 nitrogen and oxygen atoms in total. The second-order valence-corrected chi connectivity index (χ2v) is 13.7. The summed E-state index contributed by atoms with van der Waals surface area (Å²) in [4.78, 5) is 46.4. The van der Waals surface area contributed by atoms with Crippen LogP contribution in [0.1, 0.15) is 76.1 Å². The van der Waals surface area contributed by atoms with Crippen LogP contribution in [0.2, 0.25) is 0 Å². The molecule has 6 N–H and O–H groups in total. The Bertz CT molecular complexity index is 1320. The van der Waals surface area contributed by atoms with Crippen LogP contribution in [0.15, 0.2) is 91.0 Å². The monoisotopic (exact) mass is 716 g/mol. The molecule has 1 saturated heterocycles. The number of carbonyl (C=O) groups excluding carboxylic acids is 4. The van der Waals surface area contributed by atoms with E-state index in [4.69, 9.17) is 4.79 Å². The number of primary amides is 1. The highest BCUT2D eigenvalue weighted by Crippen LogP contribution is 2.27. The summed E-state index contributed by atoms with van der Waals surface area (Å²) in [6.45, 7) is 9.47. The van der Waals surface area contributed by atoms with Gasteiger partial charge >= 0.3 is 0 Å². The number of likely N-dealkylation sites (N-methyl/N-ethyl adjacent to an activating group) is 1. The minimum Gasteiger partial charge on any atom is -0.372 e. The standard InChI is InChI=1S/C23H38N4O2.C14H13NO.C4H10.CH3NO/c1-17-10-12-20(27(17)4)13-11-19(15-24-2)22(16-28)26-23(29)21(25-3)14-18-8-6-5-7-9-18;16-11-15-14(12-7-3-1-4-8-12)13-9-5-2-6-10-13;1-4(2)3;2-1-3/h5-9,16-17,19-22,24-25H,10-15H2,1-4H3,(H,26,29);1-11,14H,(H,15,16);4H,1-3H3;1H,(H2,2,3). The van der Waals surface area contributed by atoms with E-state index in [1.165, 1.54) is 12.8 Å². The molecule has 0 radical (unpaired) electrons. The number of amides is 3. The molecule has 52 heavy (non-hydrogen) atoms.